The zero-order chi connectivity index (χ0) is 39.8. The number of hydrogen-bond donors (Lipinski definition) is 0. The minimum absolute atomic E-state index is 0.895. The van der Waals surface area contributed by atoms with Crippen molar-refractivity contribution in [2.24, 2.45) is 0 Å². The quantitative estimate of drug-likeness (QED) is 0.153. The molecule has 0 amide bonds. The van der Waals surface area contributed by atoms with E-state index in [2.05, 4.69) is 229 Å². The zero-order valence-electron chi connectivity index (χ0n) is 32.9. The van der Waals surface area contributed by atoms with Crippen molar-refractivity contribution < 1.29 is 4.42 Å². The van der Waals surface area contributed by atoms with Crippen LogP contribution in [0.1, 0.15) is 0 Å². The lowest BCUT2D eigenvalue weighted by molar-refractivity contribution is 0.669. The fourth-order valence-corrected chi connectivity index (χ4v) is 8.86. The molecule has 0 aliphatic rings. The van der Waals surface area contributed by atoms with Gasteiger partial charge in [-0.2, -0.15) is 0 Å². The van der Waals surface area contributed by atoms with Crippen LogP contribution in [-0.4, -0.2) is 0 Å². The van der Waals surface area contributed by atoms with Crippen molar-refractivity contribution in [2.75, 3.05) is 4.90 Å². The van der Waals surface area contributed by atoms with Crippen LogP contribution in [0.4, 0.5) is 17.1 Å². The van der Waals surface area contributed by atoms with Crippen molar-refractivity contribution in [2.45, 2.75) is 0 Å². The van der Waals surface area contributed by atoms with Crippen LogP contribution in [0.3, 0.4) is 0 Å². The van der Waals surface area contributed by atoms with Crippen LogP contribution in [-0.2, 0) is 0 Å². The fraction of sp³-hybridized carbons (Fsp3) is 0. The molecule has 60 heavy (non-hydrogen) atoms. The summed E-state index contributed by atoms with van der Waals surface area (Å²) in [5, 5.41) is 4.73. The van der Waals surface area contributed by atoms with E-state index in [9.17, 15) is 0 Å². The first-order valence-corrected chi connectivity index (χ1v) is 20.5. The van der Waals surface area contributed by atoms with Gasteiger partial charge in [0.25, 0.3) is 0 Å². The Hall–Kier alpha value is -7.94. The number of hydrogen-bond acceptors (Lipinski definition) is 2. The third kappa shape index (κ3) is 6.32. The van der Waals surface area contributed by atoms with Gasteiger partial charge < -0.3 is 9.32 Å². The van der Waals surface area contributed by atoms with Crippen molar-refractivity contribution in [3.8, 4) is 55.6 Å². The van der Waals surface area contributed by atoms with Crippen LogP contribution in [0.25, 0.3) is 88.3 Å². The van der Waals surface area contributed by atoms with Gasteiger partial charge in [0.05, 0.1) is 5.69 Å². The van der Waals surface area contributed by atoms with Crippen LogP contribution in [0, 0.1) is 0 Å². The average molecular weight is 766 g/mol. The van der Waals surface area contributed by atoms with Crippen molar-refractivity contribution in [1.29, 1.82) is 0 Å². The number of benzene rings is 10. The highest BCUT2D eigenvalue weighted by atomic mass is 16.3. The van der Waals surface area contributed by atoms with E-state index in [1.54, 1.807) is 0 Å². The maximum atomic E-state index is 6.29. The van der Waals surface area contributed by atoms with Crippen LogP contribution in [0.15, 0.2) is 241 Å². The van der Waals surface area contributed by atoms with Crippen LogP contribution >= 0.6 is 0 Å². The summed E-state index contributed by atoms with van der Waals surface area (Å²) in [7, 11) is 0. The summed E-state index contributed by atoms with van der Waals surface area (Å²) < 4.78 is 6.29. The summed E-state index contributed by atoms with van der Waals surface area (Å²) in [6, 6.07) is 85.0. The molecule has 2 nitrogen and oxygen atoms in total. The molecule has 0 saturated carbocycles. The minimum Gasteiger partial charge on any atom is -0.456 e. The SMILES string of the molecule is c1ccc(-c2ccccc2-c2ccccc2-c2ccccc2N(c2ccc(-c3ccc4c(c3)oc3ccccc34)cc2)c2cccc(-c3cccc4ccccc34)c2)cc1. The highest BCUT2D eigenvalue weighted by Gasteiger charge is 2.21. The lowest BCUT2D eigenvalue weighted by atomic mass is 9.88. The van der Waals surface area contributed by atoms with Crippen LogP contribution < -0.4 is 4.90 Å². The molecule has 10 aromatic carbocycles. The van der Waals surface area contributed by atoms with E-state index in [0.29, 0.717) is 0 Å². The van der Waals surface area contributed by atoms with Gasteiger partial charge in [-0.05, 0) is 109 Å². The first kappa shape index (κ1) is 35.2. The molecular weight excluding hydrogens is 727 g/mol. The predicted octanol–water partition coefficient (Wildman–Crippen LogP) is 16.5. The number of anilines is 3. The molecule has 0 spiro atoms. The van der Waals surface area contributed by atoms with Crippen molar-refractivity contribution in [1.82, 2.24) is 0 Å². The van der Waals surface area contributed by atoms with Gasteiger partial charge in [-0.1, -0.05) is 188 Å². The van der Waals surface area contributed by atoms with Gasteiger partial charge in [0, 0.05) is 27.7 Å². The standard InChI is InChI=1S/C58H39NO/c1-2-16-41(17-3-1)48-23-6-7-24-50(48)51-25-8-9-26-52(51)53-27-10-12-30-56(53)59(46-21-14-20-44(38-46)49-29-15-19-42-18-4-5-22-47(42)49)45-35-32-40(33-36-45)43-34-37-55-54-28-11-13-31-57(54)60-58(55)39-43/h1-39H. The van der Waals surface area contributed by atoms with Gasteiger partial charge in [0.15, 0.2) is 0 Å². The Kier molecular flexibility index (Phi) is 8.87. The van der Waals surface area contributed by atoms with Crippen LogP contribution in [0.2, 0.25) is 0 Å². The molecule has 0 fully saturated rings. The third-order valence-corrected chi connectivity index (χ3v) is 11.7. The van der Waals surface area contributed by atoms with E-state index >= 15 is 0 Å². The Morgan fingerprint density at radius 1 is 0.267 bits per heavy atom. The second-order valence-corrected chi connectivity index (χ2v) is 15.2. The van der Waals surface area contributed by atoms with Gasteiger partial charge in [-0.15, -0.1) is 0 Å². The average Bonchev–Trinajstić information content (AvgIpc) is 3.70. The number of nitrogens with zero attached hydrogens (tertiary/aromatic N) is 1. The Balaban J connectivity index is 1.07. The molecule has 0 atom stereocenters. The monoisotopic (exact) mass is 765 g/mol. The topological polar surface area (TPSA) is 16.4 Å². The number of fused-ring (bicyclic) bond motifs is 4. The Bertz CT molecular complexity index is 3320. The zero-order valence-corrected chi connectivity index (χ0v) is 32.9. The van der Waals surface area contributed by atoms with Gasteiger partial charge in [0.1, 0.15) is 11.2 Å². The number of rotatable bonds is 8. The normalized spacial score (nSPS) is 11.3. The molecule has 0 aliphatic carbocycles. The highest BCUT2D eigenvalue weighted by molar-refractivity contribution is 6.06. The fourth-order valence-electron chi connectivity index (χ4n) is 8.86. The maximum Gasteiger partial charge on any atom is 0.136 e. The largest absolute Gasteiger partial charge is 0.456 e. The van der Waals surface area contributed by atoms with E-state index in [4.69, 9.17) is 4.42 Å². The summed E-state index contributed by atoms with van der Waals surface area (Å²) in [4.78, 5) is 2.41. The summed E-state index contributed by atoms with van der Waals surface area (Å²) in [5.74, 6) is 0. The molecule has 0 aliphatic heterocycles. The first-order valence-electron chi connectivity index (χ1n) is 20.5. The van der Waals surface area contributed by atoms with E-state index in [-0.39, 0.29) is 0 Å². The molecule has 1 aromatic heterocycles. The molecule has 11 aromatic rings. The first-order chi connectivity index (χ1) is 29.8. The molecule has 0 saturated heterocycles. The third-order valence-electron chi connectivity index (χ3n) is 11.7. The van der Waals surface area contributed by atoms with Crippen molar-refractivity contribution in [3.63, 3.8) is 0 Å². The maximum absolute atomic E-state index is 6.29. The molecule has 0 bridgehead atoms. The summed E-state index contributed by atoms with van der Waals surface area (Å²) in [5.41, 5.74) is 16.8. The Morgan fingerprint density at radius 3 is 1.63 bits per heavy atom. The molecule has 0 radical (unpaired) electrons. The Labute approximate surface area is 349 Å². The highest BCUT2D eigenvalue weighted by Crippen LogP contribution is 2.46. The molecule has 0 unspecified atom stereocenters. The van der Waals surface area contributed by atoms with Gasteiger partial charge in [-0.3, -0.25) is 0 Å². The van der Waals surface area contributed by atoms with Gasteiger partial charge in [0.2, 0.25) is 0 Å². The summed E-state index contributed by atoms with van der Waals surface area (Å²) in [6.07, 6.45) is 0. The number of furan rings is 1. The molecule has 11 rings (SSSR count). The predicted molar refractivity (Wildman–Crippen MR) is 253 cm³/mol. The second-order valence-electron chi connectivity index (χ2n) is 15.2. The number of para-hydroxylation sites is 2. The van der Waals surface area contributed by atoms with Crippen LogP contribution in [0.5, 0.6) is 0 Å². The summed E-state index contributed by atoms with van der Waals surface area (Å²) >= 11 is 0. The molecule has 1 heterocycles. The molecule has 282 valence electrons. The minimum atomic E-state index is 0.895. The Morgan fingerprint density at radius 2 is 0.817 bits per heavy atom. The molecule has 2 heteroatoms. The van der Waals surface area contributed by atoms with Gasteiger partial charge in [-0.25, -0.2) is 0 Å². The van der Waals surface area contributed by atoms with Gasteiger partial charge >= 0.3 is 0 Å². The smallest absolute Gasteiger partial charge is 0.136 e. The molecular formula is C58H39NO. The lowest BCUT2D eigenvalue weighted by Crippen LogP contribution is -2.11. The lowest BCUT2D eigenvalue weighted by Gasteiger charge is -2.29. The van der Waals surface area contributed by atoms with E-state index in [0.717, 1.165) is 55.7 Å². The van der Waals surface area contributed by atoms with E-state index in [1.165, 1.54) is 49.7 Å². The van der Waals surface area contributed by atoms with E-state index < -0.39 is 0 Å². The van der Waals surface area contributed by atoms with Crippen molar-refractivity contribution >= 4 is 49.8 Å². The molecule has 0 N–H and O–H groups in total. The summed E-state index contributed by atoms with van der Waals surface area (Å²) in [6.45, 7) is 0. The second kappa shape index (κ2) is 15.1. The van der Waals surface area contributed by atoms with Crippen molar-refractivity contribution in [3.05, 3.63) is 237 Å². The van der Waals surface area contributed by atoms with E-state index in [1.807, 2.05) is 12.1 Å².